The van der Waals surface area contributed by atoms with Gasteiger partial charge in [0.05, 0.1) is 31.7 Å². The van der Waals surface area contributed by atoms with Crippen LogP contribution >= 0.6 is 46.4 Å². The SMILES string of the molecule is O=C(c1c(Cl)cc(Cl)c(Cl)c1Cl)C1CCCCN1. The zero-order valence-electron chi connectivity index (χ0n) is 9.40. The molecule has 2 nitrogen and oxygen atoms in total. The number of benzene rings is 1. The molecular formula is C12H11Cl4NO. The maximum absolute atomic E-state index is 12.4. The summed E-state index contributed by atoms with van der Waals surface area (Å²) in [5.74, 6) is -0.122. The first kappa shape index (κ1) is 14.4. The highest BCUT2D eigenvalue weighted by Gasteiger charge is 2.27. The van der Waals surface area contributed by atoms with Crippen molar-refractivity contribution in [2.45, 2.75) is 25.3 Å². The summed E-state index contributed by atoms with van der Waals surface area (Å²) in [6.45, 7) is 0.826. The van der Waals surface area contributed by atoms with Crippen LogP contribution in [0.4, 0.5) is 0 Å². The molecule has 2 rings (SSSR count). The molecule has 0 bridgehead atoms. The number of carbonyl (C=O) groups is 1. The highest BCUT2D eigenvalue weighted by atomic mass is 35.5. The third-order valence-corrected chi connectivity index (χ3v) is 4.55. The second kappa shape index (κ2) is 5.98. The largest absolute Gasteiger partial charge is 0.307 e. The zero-order chi connectivity index (χ0) is 13.3. The van der Waals surface area contributed by atoms with Crippen LogP contribution in [0.2, 0.25) is 20.1 Å². The fourth-order valence-electron chi connectivity index (χ4n) is 2.04. The minimum Gasteiger partial charge on any atom is -0.307 e. The fourth-order valence-corrected chi connectivity index (χ4v) is 3.14. The third kappa shape index (κ3) is 2.78. The minimum atomic E-state index is -0.244. The molecule has 6 heteroatoms. The summed E-state index contributed by atoms with van der Waals surface area (Å²) < 4.78 is 0. The number of rotatable bonds is 2. The van der Waals surface area contributed by atoms with Gasteiger partial charge in [0.25, 0.3) is 0 Å². The molecule has 1 aliphatic rings. The van der Waals surface area contributed by atoms with Gasteiger partial charge in [-0.05, 0) is 25.5 Å². The second-order valence-corrected chi connectivity index (χ2v) is 5.78. The maximum Gasteiger partial charge on any atom is 0.182 e. The molecule has 1 heterocycles. The van der Waals surface area contributed by atoms with Crippen molar-refractivity contribution >= 4 is 52.2 Å². The van der Waals surface area contributed by atoms with E-state index in [4.69, 9.17) is 46.4 Å². The first-order valence-corrected chi connectivity index (χ1v) is 7.14. The Morgan fingerprint density at radius 3 is 2.44 bits per heavy atom. The molecule has 1 aromatic rings. The highest BCUT2D eigenvalue weighted by Crippen LogP contribution is 2.38. The van der Waals surface area contributed by atoms with E-state index in [9.17, 15) is 4.79 Å². The molecule has 18 heavy (non-hydrogen) atoms. The van der Waals surface area contributed by atoms with Gasteiger partial charge in [0.15, 0.2) is 5.78 Å². The van der Waals surface area contributed by atoms with Gasteiger partial charge in [-0.1, -0.05) is 52.8 Å². The Kier molecular flexibility index (Phi) is 4.79. The molecule has 0 saturated carbocycles. The number of carbonyl (C=O) groups excluding carboxylic acids is 1. The second-order valence-electron chi connectivity index (χ2n) is 4.21. The molecule has 0 spiro atoms. The number of hydrogen-bond donors (Lipinski definition) is 1. The molecule has 1 saturated heterocycles. The molecule has 0 amide bonds. The van der Waals surface area contributed by atoms with Crippen LogP contribution in [-0.4, -0.2) is 18.4 Å². The van der Waals surface area contributed by atoms with E-state index in [0.29, 0.717) is 0 Å². The molecule has 1 fully saturated rings. The topological polar surface area (TPSA) is 29.1 Å². The van der Waals surface area contributed by atoms with Crippen LogP contribution in [0.5, 0.6) is 0 Å². The van der Waals surface area contributed by atoms with Crippen LogP contribution in [-0.2, 0) is 0 Å². The molecule has 0 aromatic heterocycles. The predicted molar refractivity (Wildman–Crippen MR) is 76.5 cm³/mol. The van der Waals surface area contributed by atoms with Crippen LogP contribution in [0, 0.1) is 0 Å². The summed E-state index contributed by atoms with van der Waals surface area (Å²) in [4.78, 5) is 12.4. The lowest BCUT2D eigenvalue weighted by molar-refractivity contribution is 0.0927. The number of Topliss-reactive ketones (excluding diaryl/α,β-unsaturated/α-hetero) is 1. The van der Waals surface area contributed by atoms with Gasteiger partial charge >= 0.3 is 0 Å². The van der Waals surface area contributed by atoms with Gasteiger partial charge in [-0.25, -0.2) is 0 Å². The van der Waals surface area contributed by atoms with Crippen LogP contribution in [0.3, 0.4) is 0 Å². The van der Waals surface area contributed by atoms with Crippen molar-refractivity contribution in [2.24, 2.45) is 0 Å². The highest BCUT2D eigenvalue weighted by molar-refractivity contribution is 6.51. The van der Waals surface area contributed by atoms with Gasteiger partial charge in [-0.2, -0.15) is 0 Å². The van der Waals surface area contributed by atoms with E-state index < -0.39 is 0 Å². The van der Waals surface area contributed by atoms with Crippen LogP contribution in [0.25, 0.3) is 0 Å². The smallest absolute Gasteiger partial charge is 0.182 e. The quantitative estimate of drug-likeness (QED) is 0.488. The van der Waals surface area contributed by atoms with E-state index in [0.717, 1.165) is 25.8 Å². The zero-order valence-corrected chi connectivity index (χ0v) is 12.4. The predicted octanol–water partition coefficient (Wildman–Crippen LogP) is 4.63. The lowest BCUT2D eigenvalue weighted by Gasteiger charge is -2.23. The molecule has 1 aromatic carbocycles. The van der Waals surface area contributed by atoms with E-state index in [1.165, 1.54) is 6.07 Å². The van der Waals surface area contributed by atoms with Crippen LogP contribution in [0.15, 0.2) is 6.07 Å². The average Bonchev–Trinajstić information content (AvgIpc) is 2.37. The number of ketones is 1. The van der Waals surface area contributed by atoms with E-state index in [2.05, 4.69) is 5.32 Å². The van der Waals surface area contributed by atoms with E-state index >= 15 is 0 Å². The van der Waals surface area contributed by atoms with Crippen LogP contribution in [0.1, 0.15) is 29.6 Å². The summed E-state index contributed by atoms with van der Waals surface area (Å²) >= 11 is 23.9. The standard InChI is InChI=1S/C12H11Cl4NO/c13-6-5-7(14)10(15)11(16)9(6)12(18)8-3-1-2-4-17-8/h5,8,17H,1-4H2. The molecule has 1 N–H and O–H groups in total. The number of halogens is 4. The van der Waals surface area contributed by atoms with Gasteiger partial charge in [0.1, 0.15) is 0 Å². The maximum atomic E-state index is 12.4. The number of piperidine rings is 1. The van der Waals surface area contributed by atoms with Crippen molar-refractivity contribution in [2.75, 3.05) is 6.54 Å². The average molecular weight is 327 g/mol. The molecule has 1 atom stereocenters. The Morgan fingerprint density at radius 2 is 1.83 bits per heavy atom. The van der Waals surface area contributed by atoms with Gasteiger partial charge in [-0.3, -0.25) is 4.79 Å². The van der Waals surface area contributed by atoms with Crippen molar-refractivity contribution in [3.8, 4) is 0 Å². The Bertz CT molecular complexity index is 483. The number of nitrogens with one attached hydrogen (secondary N) is 1. The van der Waals surface area contributed by atoms with Crippen molar-refractivity contribution < 1.29 is 4.79 Å². The Labute approximate surface area is 126 Å². The lowest BCUT2D eigenvalue weighted by atomic mass is 9.96. The third-order valence-electron chi connectivity index (χ3n) is 2.99. The molecule has 1 aliphatic heterocycles. The molecule has 98 valence electrons. The van der Waals surface area contributed by atoms with E-state index in [1.807, 2.05) is 0 Å². The summed E-state index contributed by atoms with van der Waals surface area (Å²) in [7, 11) is 0. The Morgan fingerprint density at radius 1 is 1.11 bits per heavy atom. The van der Waals surface area contributed by atoms with Crippen molar-refractivity contribution in [3.63, 3.8) is 0 Å². The minimum absolute atomic E-state index is 0.122. The molecule has 1 unspecified atom stereocenters. The van der Waals surface area contributed by atoms with Crippen molar-refractivity contribution in [1.29, 1.82) is 0 Å². The summed E-state index contributed by atoms with van der Waals surface area (Å²) in [6.07, 6.45) is 2.87. The summed E-state index contributed by atoms with van der Waals surface area (Å²) in [5.41, 5.74) is 0.257. The molecular weight excluding hydrogens is 316 g/mol. The molecule has 0 aliphatic carbocycles. The van der Waals surface area contributed by atoms with Gasteiger partial charge in [0, 0.05) is 0 Å². The van der Waals surface area contributed by atoms with E-state index in [-0.39, 0.29) is 37.5 Å². The van der Waals surface area contributed by atoms with E-state index in [1.54, 1.807) is 0 Å². The lowest BCUT2D eigenvalue weighted by Crippen LogP contribution is -2.40. The van der Waals surface area contributed by atoms with Crippen molar-refractivity contribution in [1.82, 2.24) is 5.32 Å². The van der Waals surface area contributed by atoms with Gasteiger partial charge < -0.3 is 5.32 Å². The molecule has 0 radical (unpaired) electrons. The summed E-state index contributed by atoms with van der Waals surface area (Å²) in [6, 6.07) is 1.21. The Hall–Kier alpha value is 0.01000. The fraction of sp³-hybridized carbons (Fsp3) is 0.417. The number of hydrogen-bond acceptors (Lipinski definition) is 2. The van der Waals surface area contributed by atoms with Crippen molar-refractivity contribution in [3.05, 3.63) is 31.7 Å². The first-order chi connectivity index (χ1) is 8.52. The summed E-state index contributed by atoms with van der Waals surface area (Å²) in [5, 5.41) is 3.95. The Balaban J connectivity index is 2.38. The van der Waals surface area contributed by atoms with Crippen LogP contribution < -0.4 is 5.32 Å². The monoisotopic (exact) mass is 325 g/mol. The van der Waals surface area contributed by atoms with Gasteiger partial charge in [-0.15, -0.1) is 0 Å². The van der Waals surface area contributed by atoms with Gasteiger partial charge in [0.2, 0.25) is 0 Å². The normalized spacial score (nSPS) is 19.9. The first-order valence-electron chi connectivity index (χ1n) is 5.63.